The summed E-state index contributed by atoms with van der Waals surface area (Å²) in [6.45, 7) is 1.16. The van der Waals surface area contributed by atoms with Crippen molar-refractivity contribution in [1.82, 2.24) is 0 Å². The van der Waals surface area contributed by atoms with Crippen LogP contribution in [0.25, 0.3) is 0 Å². The summed E-state index contributed by atoms with van der Waals surface area (Å²) in [6.07, 6.45) is 0. The lowest BCUT2D eigenvalue weighted by Gasteiger charge is -2.11. The normalized spacial score (nSPS) is 11.7. The second-order valence-electron chi connectivity index (χ2n) is 3.28. The third kappa shape index (κ3) is 3.19. The van der Waals surface area contributed by atoms with Crippen LogP contribution in [-0.2, 0) is 22.5 Å². The number of hydrogen-bond donors (Lipinski definition) is 2. The van der Waals surface area contributed by atoms with Gasteiger partial charge in [-0.2, -0.15) is 0 Å². The van der Waals surface area contributed by atoms with Gasteiger partial charge < -0.3 is 14.8 Å². The number of phenols is 1. The van der Waals surface area contributed by atoms with E-state index in [-0.39, 0.29) is 16.9 Å². The molecule has 0 bridgehead atoms. The number of aliphatic hydroxyl groups excluding tert-OH is 1. The highest BCUT2D eigenvalue weighted by molar-refractivity contribution is 7.84. The molecule has 1 aromatic rings. The Morgan fingerprint density at radius 2 is 2.00 bits per heavy atom. The molecule has 0 saturated carbocycles. The highest BCUT2D eigenvalue weighted by Gasteiger charge is 2.08. The predicted molar refractivity (Wildman–Crippen MR) is 52.2 cm³/mol. The van der Waals surface area contributed by atoms with Crippen LogP contribution in [-0.4, -0.2) is 23.2 Å². The van der Waals surface area contributed by atoms with E-state index in [1.165, 1.54) is 12.1 Å². The maximum Gasteiger partial charge on any atom is 0.124 e. The molecule has 0 heterocycles. The third-order valence-corrected chi connectivity index (χ3v) is 2.64. The fourth-order valence-corrected chi connectivity index (χ4v) is 1.92. The molecule has 0 amide bonds. The number of aromatic hydroxyl groups is 1. The standard InChI is InChI=1S/C9H12O5S/c1-6-2-7(5-15(12,13)14)3-8(4-10)9(6)11/h2-3,10-11H,4-5H2,1H3,(H,12,13,14)/p-1. The van der Waals surface area contributed by atoms with E-state index in [0.717, 1.165) is 0 Å². The quantitative estimate of drug-likeness (QED) is 0.726. The van der Waals surface area contributed by atoms with Gasteiger partial charge >= 0.3 is 0 Å². The molecule has 0 aliphatic heterocycles. The van der Waals surface area contributed by atoms with Crippen LogP contribution in [0.4, 0.5) is 0 Å². The summed E-state index contributed by atoms with van der Waals surface area (Å²) in [7, 11) is -4.35. The van der Waals surface area contributed by atoms with Crippen molar-refractivity contribution in [2.45, 2.75) is 19.3 Å². The molecule has 0 unspecified atom stereocenters. The van der Waals surface area contributed by atoms with Crippen molar-refractivity contribution >= 4 is 10.1 Å². The average Bonchev–Trinajstić information content (AvgIpc) is 2.08. The smallest absolute Gasteiger partial charge is 0.124 e. The van der Waals surface area contributed by atoms with Crippen molar-refractivity contribution < 1.29 is 23.2 Å². The van der Waals surface area contributed by atoms with E-state index in [2.05, 4.69) is 0 Å². The zero-order chi connectivity index (χ0) is 11.6. The van der Waals surface area contributed by atoms with E-state index < -0.39 is 22.5 Å². The number of aliphatic hydroxyl groups is 1. The molecule has 15 heavy (non-hydrogen) atoms. The third-order valence-electron chi connectivity index (χ3n) is 1.95. The van der Waals surface area contributed by atoms with Gasteiger partial charge in [0.15, 0.2) is 0 Å². The van der Waals surface area contributed by atoms with Crippen LogP contribution in [0.5, 0.6) is 5.75 Å². The van der Waals surface area contributed by atoms with Crippen LogP contribution >= 0.6 is 0 Å². The Balaban J connectivity index is 3.17. The molecule has 1 aromatic carbocycles. The predicted octanol–water partition coefficient (Wildman–Crippen LogP) is 0.238. The molecule has 0 aromatic heterocycles. The van der Waals surface area contributed by atoms with Crippen molar-refractivity contribution in [1.29, 1.82) is 0 Å². The van der Waals surface area contributed by atoms with E-state index in [1.807, 2.05) is 0 Å². The van der Waals surface area contributed by atoms with Crippen molar-refractivity contribution in [3.63, 3.8) is 0 Å². The van der Waals surface area contributed by atoms with Crippen LogP contribution in [0.15, 0.2) is 12.1 Å². The number of hydrogen-bond acceptors (Lipinski definition) is 5. The molecule has 2 N–H and O–H groups in total. The Morgan fingerprint density at radius 3 is 2.47 bits per heavy atom. The van der Waals surface area contributed by atoms with E-state index in [1.54, 1.807) is 6.92 Å². The summed E-state index contributed by atoms with van der Waals surface area (Å²) in [5.74, 6) is -0.717. The summed E-state index contributed by atoms with van der Waals surface area (Å²) in [5, 5.41) is 18.3. The Kier molecular flexibility index (Phi) is 3.33. The van der Waals surface area contributed by atoms with Crippen LogP contribution in [0, 0.1) is 6.92 Å². The maximum absolute atomic E-state index is 10.5. The molecule has 0 fully saturated rings. The van der Waals surface area contributed by atoms with Gasteiger partial charge in [-0.05, 0) is 24.1 Å². The molecule has 0 radical (unpaired) electrons. The summed E-state index contributed by atoms with van der Waals surface area (Å²) in [5.41, 5.74) is 0.915. The summed E-state index contributed by atoms with van der Waals surface area (Å²) in [4.78, 5) is 0. The molecule has 0 saturated heterocycles. The van der Waals surface area contributed by atoms with E-state index in [0.29, 0.717) is 5.56 Å². The minimum atomic E-state index is -4.35. The first kappa shape index (κ1) is 12.0. The van der Waals surface area contributed by atoms with Gasteiger partial charge in [-0.1, -0.05) is 6.07 Å². The van der Waals surface area contributed by atoms with E-state index >= 15 is 0 Å². The Hall–Kier alpha value is -1.11. The number of benzene rings is 1. The first-order valence-corrected chi connectivity index (χ1v) is 5.77. The average molecular weight is 231 g/mol. The molecule has 1 rings (SSSR count). The van der Waals surface area contributed by atoms with Gasteiger partial charge in [-0.25, -0.2) is 8.42 Å². The lowest BCUT2D eigenvalue weighted by atomic mass is 10.1. The van der Waals surface area contributed by atoms with Crippen LogP contribution in [0.2, 0.25) is 0 Å². The highest BCUT2D eigenvalue weighted by atomic mass is 32.2. The minimum absolute atomic E-state index is 0.0791. The van der Waals surface area contributed by atoms with Crippen LogP contribution in [0.1, 0.15) is 16.7 Å². The molecule has 6 heteroatoms. The topological polar surface area (TPSA) is 97.7 Å². The van der Waals surface area contributed by atoms with Gasteiger partial charge in [0, 0.05) is 5.56 Å². The van der Waals surface area contributed by atoms with Crippen LogP contribution in [0.3, 0.4) is 0 Å². The molecule has 0 aliphatic carbocycles. The molecule has 0 aliphatic rings. The molecule has 84 valence electrons. The van der Waals surface area contributed by atoms with Crippen LogP contribution < -0.4 is 0 Å². The van der Waals surface area contributed by atoms with Crippen molar-refractivity contribution in [3.05, 3.63) is 28.8 Å². The second kappa shape index (κ2) is 4.18. The zero-order valence-corrected chi connectivity index (χ0v) is 8.91. The molecular formula is C9H11O5S-. The Morgan fingerprint density at radius 1 is 1.40 bits per heavy atom. The van der Waals surface area contributed by atoms with Gasteiger partial charge in [-0.15, -0.1) is 0 Å². The minimum Gasteiger partial charge on any atom is -0.748 e. The molecular weight excluding hydrogens is 220 g/mol. The molecule has 0 atom stereocenters. The number of aryl methyl sites for hydroxylation is 1. The van der Waals surface area contributed by atoms with Gasteiger partial charge in [-0.3, -0.25) is 0 Å². The van der Waals surface area contributed by atoms with Crippen molar-refractivity contribution in [2.75, 3.05) is 0 Å². The molecule has 5 nitrogen and oxygen atoms in total. The van der Waals surface area contributed by atoms with E-state index in [4.69, 9.17) is 5.11 Å². The first-order valence-electron chi connectivity index (χ1n) is 4.19. The summed E-state index contributed by atoms with van der Waals surface area (Å²) >= 11 is 0. The monoisotopic (exact) mass is 231 g/mol. The van der Waals surface area contributed by atoms with Gasteiger partial charge in [0.2, 0.25) is 0 Å². The maximum atomic E-state index is 10.5. The first-order chi connectivity index (χ1) is 6.83. The zero-order valence-electron chi connectivity index (χ0n) is 8.10. The Labute approximate surface area is 87.7 Å². The van der Waals surface area contributed by atoms with Gasteiger partial charge in [0.05, 0.1) is 22.5 Å². The lowest BCUT2D eigenvalue weighted by molar-refractivity contribution is 0.275. The summed E-state index contributed by atoms with van der Waals surface area (Å²) in [6, 6.07) is 2.71. The largest absolute Gasteiger partial charge is 0.748 e. The lowest BCUT2D eigenvalue weighted by Crippen LogP contribution is -2.03. The highest BCUT2D eigenvalue weighted by Crippen LogP contribution is 2.24. The van der Waals surface area contributed by atoms with Crippen molar-refractivity contribution in [2.24, 2.45) is 0 Å². The fourth-order valence-electron chi connectivity index (χ4n) is 1.34. The Bertz CT molecular complexity index is 464. The molecule has 0 spiro atoms. The second-order valence-corrected chi connectivity index (χ2v) is 4.68. The SMILES string of the molecule is Cc1cc(CS(=O)(=O)[O-])cc(CO)c1O. The van der Waals surface area contributed by atoms with Crippen molar-refractivity contribution in [3.8, 4) is 5.75 Å². The number of rotatable bonds is 3. The van der Waals surface area contributed by atoms with Gasteiger partial charge in [0.1, 0.15) is 5.75 Å². The summed E-state index contributed by atoms with van der Waals surface area (Å²) < 4.78 is 31.5. The fraction of sp³-hybridized carbons (Fsp3) is 0.333. The van der Waals surface area contributed by atoms with Gasteiger partial charge in [0.25, 0.3) is 0 Å². The van der Waals surface area contributed by atoms with E-state index in [9.17, 15) is 18.1 Å².